The SMILES string of the molecule is NCCCN(c1ncc(Br)cc1Br)C1CCC1. The van der Waals surface area contributed by atoms with Crippen molar-refractivity contribution in [2.24, 2.45) is 5.73 Å². The molecule has 94 valence electrons. The smallest absolute Gasteiger partial charge is 0.143 e. The first-order chi connectivity index (χ1) is 8.22. The number of anilines is 1. The zero-order valence-corrected chi connectivity index (χ0v) is 12.9. The highest BCUT2D eigenvalue weighted by Crippen LogP contribution is 2.33. The molecule has 3 nitrogen and oxygen atoms in total. The minimum absolute atomic E-state index is 0.645. The summed E-state index contributed by atoms with van der Waals surface area (Å²) in [4.78, 5) is 6.92. The number of halogens is 2. The third kappa shape index (κ3) is 3.20. The highest BCUT2D eigenvalue weighted by Gasteiger charge is 2.26. The van der Waals surface area contributed by atoms with Gasteiger partial charge in [0.15, 0.2) is 0 Å². The maximum absolute atomic E-state index is 5.61. The zero-order chi connectivity index (χ0) is 12.3. The molecule has 5 heteroatoms. The Morgan fingerprint density at radius 3 is 2.71 bits per heavy atom. The van der Waals surface area contributed by atoms with Gasteiger partial charge in [-0.25, -0.2) is 4.98 Å². The first-order valence-electron chi connectivity index (χ1n) is 6.00. The van der Waals surface area contributed by atoms with E-state index in [1.165, 1.54) is 19.3 Å². The van der Waals surface area contributed by atoms with Crippen LogP contribution in [0.2, 0.25) is 0 Å². The third-order valence-electron chi connectivity index (χ3n) is 3.18. The van der Waals surface area contributed by atoms with E-state index < -0.39 is 0 Å². The van der Waals surface area contributed by atoms with Crippen LogP contribution in [0.3, 0.4) is 0 Å². The highest BCUT2D eigenvalue weighted by atomic mass is 79.9. The maximum atomic E-state index is 5.61. The van der Waals surface area contributed by atoms with Gasteiger partial charge < -0.3 is 10.6 Å². The molecule has 0 aromatic carbocycles. The van der Waals surface area contributed by atoms with Gasteiger partial charge in [-0.15, -0.1) is 0 Å². The molecule has 2 N–H and O–H groups in total. The van der Waals surface area contributed by atoms with Gasteiger partial charge in [-0.1, -0.05) is 0 Å². The Labute approximate surface area is 119 Å². The monoisotopic (exact) mass is 361 g/mol. The minimum Gasteiger partial charge on any atom is -0.353 e. The largest absolute Gasteiger partial charge is 0.353 e. The van der Waals surface area contributed by atoms with Gasteiger partial charge in [0.25, 0.3) is 0 Å². The molecule has 1 aliphatic rings. The van der Waals surface area contributed by atoms with Crippen molar-refractivity contribution in [1.82, 2.24) is 4.98 Å². The fraction of sp³-hybridized carbons (Fsp3) is 0.583. The summed E-state index contributed by atoms with van der Waals surface area (Å²) in [5, 5.41) is 0. The van der Waals surface area contributed by atoms with E-state index in [-0.39, 0.29) is 0 Å². The Balaban J connectivity index is 2.17. The van der Waals surface area contributed by atoms with Crippen molar-refractivity contribution in [2.45, 2.75) is 31.7 Å². The van der Waals surface area contributed by atoms with Gasteiger partial charge in [0.2, 0.25) is 0 Å². The summed E-state index contributed by atoms with van der Waals surface area (Å²) in [6.07, 6.45) is 6.75. The molecule has 17 heavy (non-hydrogen) atoms. The summed E-state index contributed by atoms with van der Waals surface area (Å²) in [6, 6.07) is 2.70. The van der Waals surface area contributed by atoms with E-state index in [2.05, 4.69) is 47.8 Å². The molecule has 0 amide bonds. The van der Waals surface area contributed by atoms with Crippen molar-refractivity contribution in [2.75, 3.05) is 18.0 Å². The first-order valence-corrected chi connectivity index (χ1v) is 7.58. The lowest BCUT2D eigenvalue weighted by atomic mass is 9.91. The van der Waals surface area contributed by atoms with Crippen LogP contribution in [0.15, 0.2) is 21.2 Å². The van der Waals surface area contributed by atoms with Crippen LogP contribution in [0.4, 0.5) is 5.82 Å². The van der Waals surface area contributed by atoms with Crippen LogP contribution in [-0.2, 0) is 0 Å². The molecule has 1 saturated carbocycles. The second-order valence-corrected chi connectivity index (χ2v) is 6.15. The predicted octanol–water partition coefficient (Wildman–Crippen LogP) is 3.31. The van der Waals surface area contributed by atoms with Crippen molar-refractivity contribution in [3.8, 4) is 0 Å². The average Bonchev–Trinajstić information content (AvgIpc) is 2.22. The second-order valence-electron chi connectivity index (χ2n) is 4.38. The zero-order valence-electron chi connectivity index (χ0n) is 9.70. The lowest BCUT2D eigenvalue weighted by Crippen LogP contribution is -2.42. The standard InChI is InChI=1S/C12H17Br2N3/c13-9-7-11(14)12(16-8-9)17(6-2-5-15)10-3-1-4-10/h7-8,10H,1-6,15H2. The first kappa shape index (κ1) is 13.3. The molecule has 2 rings (SSSR count). The van der Waals surface area contributed by atoms with Crippen molar-refractivity contribution < 1.29 is 0 Å². The number of rotatable bonds is 5. The fourth-order valence-corrected chi connectivity index (χ4v) is 3.26. The Bertz CT molecular complexity index is 380. The van der Waals surface area contributed by atoms with Crippen LogP contribution >= 0.6 is 31.9 Å². The molecule has 1 aliphatic carbocycles. The van der Waals surface area contributed by atoms with Crippen LogP contribution in [0, 0.1) is 0 Å². The molecule has 1 heterocycles. The van der Waals surface area contributed by atoms with E-state index in [4.69, 9.17) is 5.73 Å². The third-order valence-corrected chi connectivity index (χ3v) is 4.20. The number of hydrogen-bond acceptors (Lipinski definition) is 3. The predicted molar refractivity (Wildman–Crippen MR) is 78.3 cm³/mol. The van der Waals surface area contributed by atoms with E-state index in [9.17, 15) is 0 Å². The van der Waals surface area contributed by atoms with Crippen LogP contribution in [0.1, 0.15) is 25.7 Å². The lowest BCUT2D eigenvalue weighted by Gasteiger charge is -2.39. The average molecular weight is 363 g/mol. The van der Waals surface area contributed by atoms with Crippen molar-refractivity contribution in [3.63, 3.8) is 0 Å². The molecule has 0 unspecified atom stereocenters. The number of nitrogens with zero attached hydrogens (tertiary/aromatic N) is 2. The van der Waals surface area contributed by atoms with Gasteiger partial charge in [0, 0.05) is 23.3 Å². The fourth-order valence-electron chi connectivity index (χ4n) is 2.04. The van der Waals surface area contributed by atoms with Gasteiger partial charge >= 0.3 is 0 Å². The molecule has 1 aromatic heterocycles. The lowest BCUT2D eigenvalue weighted by molar-refractivity contribution is 0.382. The van der Waals surface area contributed by atoms with Gasteiger partial charge in [-0.2, -0.15) is 0 Å². The van der Waals surface area contributed by atoms with Crippen LogP contribution in [0.5, 0.6) is 0 Å². The van der Waals surface area contributed by atoms with Gasteiger partial charge in [-0.05, 0) is 70.2 Å². The Morgan fingerprint density at radius 1 is 1.41 bits per heavy atom. The summed E-state index contributed by atoms with van der Waals surface area (Å²) >= 11 is 7.03. The Morgan fingerprint density at radius 2 is 2.18 bits per heavy atom. The summed E-state index contributed by atoms with van der Waals surface area (Å²) in [7, 11) is 0. The normalized spacial score (nSPS) is 15.7. The summed E-state index contributed by atoms with van der Waals surface area (Å²) in [5.41, 5.74) is 5.61. The van der Waals surface area contributed by atoms with Crippen LogP contribution in [-0.4, -0.2) is 24.1 Å². The number of nitrogens with two attached hydrogens (primary N) is 1. The van der Waals surface area contributed by atoms with Gasteiger partial charge in [0.05, 0.1) is 4.47 Å². The number of pyridine rings is 1. The van der Waals surface area contributed by atoms with Crippen molar-refractivity contribution >= 4 is 37.7 Å². The Hall–Kier alpha value is -0.130. The molecule has 0 atom stereocenters. The number of aromatic nitrogens is 1. The van der Waals surface area contributed by atoms with Crippen molar-refractivity contribution in [1.29, 1.82) is 0 Å². The van der Waals surface area contributed by atoms with Crippen molar-refractivity contribution in [3.05, 3.63) is 21.2 Å². The van der Waals surface area contributed by atoms with E-state index >= 15 is 0 Å². The van der Waals surface area contributed by atoms with E-state index in [1.807, 2.05) is 6.20 Å². The molecule has 0 radical (unpaired) electrons. The molecular formula is C12H17Br2N3. The summed E-state index contributed by atoms with van der Waals surface area (Å²) in [5.74, 6) is 1.05. The van der Waals surface area contributed by atoms with E-state index in [1.54, 1.807) is 0 Å². The molecular weight excluding hydrogens is 346 g/mol. The summed E-state index contributed by atoms with van der Waals surface area (Å²) in [6.45, 7) is 1.73. The second kappa shape index (κ2) is 6.16. The number of hydrogen-bond donors (Lipinski definition) is 1. The topological polar surface area (TPSA) is 42.1 Å². The highest BCUT2D eigenvalue weighted by molar-refractivity contribution is 9.11. The van der Waals surface area contributed by atoms with Crippen LogP contribution < -0.4 is 10.6 Å². The molecule has 1 aromatic rings. The Kier molecular flexibility index (Phi) is 4.82. The maximum Gasteiger partial charge on any atom is 0.143 e. The quantitative estimate of drug-likeness (QED) is 0.873. The molecule has 0 saturated heterocycles. The van der Waals surface area contributed by atoms with E-state index in [0.29, 0.717) is 6.04 Å². The molecule has 1 fully saturated rings. The molecule has 0 spiro atoms. The van der Waals surface area contributed by atoms with Crippen LogP contribution in [0.25, 0.3) is 0 Å². The minimum atomic E-state index is 0.645. The molecule has 0 bridgehead atoms. The molecule has 0 aliphatic heterocycles. The van der Waals surface area contributed by atoms with Gasteiger partial charge in [-0.3, -0.25) is 0 Å². The van der Waals surface area contributed by atoms with E-state index in [0.717, 1.165) is 34.3 Å². The summed E-state index contributed by atoms with van der Waals surface area (Å²) < 4.78 is 2.05. The van der Waals surface area contributed by atoms with Gasteiger partial charge in [0.1, 0.15) is 5.82 Å².